The average molecular weight is 465 g/mol. The summed E-state index contributed by atoms with van der Waals surface area (Å²) in [5, 5.41) is 20.2. The molecular weight excluding hydrogens is 450 g/mol. The molecule has 3 rings (SSSR count). The number of aliphatic hydroxyl groups excluding tert-OH is 1. The number of rotatable bonds is 5. The van der Waals surface area contributed by atoms with E-state index in [0.29, 0.717) is 16.1 Å². The molecule has 0 bridgehead atoms. The van der Waals surface area contributed by atoms with E-state index >= 15 is 0 Å². The Morgan fingerprint density at radius 2 is 1.64 bits per heavy atom. The van der Waals surface area contributed by atoms with Crippen LogP contribution in [0, 0.1) is 0 Å². The van der Waals surface area contributed by atoms with Gasteiger partial charge >= 0.3 is 5.97 Å². The number of likely N-dealkylation sites (tertiary alicyclic amines) is 1. The van der Waals surface area contributed by atoms with E-state index in [2.05, 4.69) is 15.9 Å². The number of carbonyl (C=O) groups is 3. The zero-order valence-corrected chi connectivity index (χ0v) is 16.8. The minimum absolute atomic E-state index is 0.0833. The summed E-state index contributed by atoms with van der Waals surface area (Å²) in [5.41, 5.74) is 0.839. The summed E-state index contributed by atoms with van der Waals surface area (Å²) in [7, 11) is 0. The summed E-state index contributed by atoms with van der Waals surface area (Å²) in [5.74, 6) is -3.12. The first kappa shape index (κ1) is 20.1. The molecule has 28 heavy (non-hydrogen) atoms. The second-order valence-electron chi connectivity index (χ2n) is 6.19. The predicted octanol–water partition coefficient (Wildman–Crippen LogP) is 4.00. The minimum atomic E-state index is -1.09. The summed E-state index contributed by atoms with van der Waals surface area (Å²) in [6, 6.07) is 12.2. The maximum Gasteiger partial charge on any atom is 0.305 e. The predicted molar refractivity (Wildman–Crippen MR) is 107 cm³/mol. The van der Waals surface area contributed by atoms with Gasteiger partial charge in [0.1, 0.15) is 5.76 Å². The number of carboxylic acids is 1. The number of aliphatic carboxylic acids is 1. The van der Waals surface area contributed by atoms with Crippen LogP contribution < -0.4 is 0 Å². The van der Waals surface area contributed by atoms with E-state index in [9.17, 15) is 19.5 Å². The van der Waals surface area contributed by atoms with Crippen LogP contribution in [0.25, 0.3) is 5.76 Å². The largest absolute Gasteiger partial charge is 0.507 e. The molecule has 144 valence electrons. The highest BCUT2D eigenvalue weighted by Gasteiger charge is 2.46. The van der Waals surface area contributed by atoms with Crippen LogP contribution in [0.1, 0.15) is 23.6 Å². The number of Topliss-reactive ketones (excluding diaryl/α,β-unsaturated/α-hetero) is 1. The van der Waals surface area contributed by atoms with Gasteiger partial charge in [-0.2, -0.15) is 0 Å². The standard InChI is InChI=1S/C20H15BrClNO5/c21-13-5-1-11(2-6-13)17-16(18(26)12-3-7-14(22)8-4-12)19(27)20(28)23(17)10-9-15(24)25/h1-8,17,26H,9-10H2,(H,24,25)/b18-16+/t17-/m0/s1. The van der Waals surface area contributed by atoms with E-state index in [1.54, 1.807) is 48.5 Å². The zero-order chi connectivity index (χ0) is 20.4. The third-order valence-corrected chi connectivity index (χ3v) is 5.19. The number of halogens is 2. The van der Waals surface area contributed by atoms with Gasteiger partial charge in [-0.1, -0.05) is 39.7 Å². The molecule has 0 aliphatic carbocycles. The van der Waals surface area contributed by atoms with E-state index in [4.69, 9.17) is 16.7 Å². The minimum Gasteiger partial charge on any atom is -0.507 e. The van der Waals surface area contributed by atoms with Gasteiger partial charge in [0.2, 0.25) is 0 Å². The molecule has 8 heteroatoms. The molecule has 1 fully saturated rings. The topological polar surface area (TPSA) is 94.9 Å². The summed E-state index contributed by atoms with van der Waals surface area (Å²) in [6.45, 7) is -0.155. The number of hydrogen-bond donors (Lipinski definition) is 2. The van der Waals surface area contributed by atoms with Gasteiger partial charge in [-0.15, -0.1) is 0 Å². The molecule has 0 radical (unpaired) electrons. The smallest absolute Gasteiger partial charge is 0.305 e. The highest BCUT2D eigenvalue weighted by Crippen LogP contribution is 2.39. The lowest BCUT2D eigenvalue weighted by Crippen LogP contribution is -2.31. The Balaban J connectivity index is 2.14. The second-order valence-corrected chi connectivity index (χ2v) is 7.55. The summed E-state index contributed by atoms with van der Waals surface area (Å²) >= 11 is 9.21. The lowest BCUT2D eigenvalue weighted by atomic mass is 9.95. The first-order valence-corrected chi connectivity index (χ1v) is 9.48. The Morgan fingerprint density at radius 3 is 2.21 bits per heavy atom. The van der Waals surface area contributed by atoms with E-state index in [1.807, 2.05) is 0 Å². The number of aliphatic hydroxyl groups is 1. The molecule has 0 unspecified atom stereocenters. The normalized spacial score (nSPS) is 18.5. The zero-order valence-electron chi connectivity index (χ0n) is 14.4. The maximum absolute atomic E-state index is 12.7. The Morgan fingerprint density at radius 1 is 1.04 bits per heavy atom. The third kappa shape index (κ3) is 3.95. The first-order chi connectivity index (χ1) is 13.3. The van der Waals surface area contributed by atoms with Gasteiger partial charge in [-0.05, 0) is 42.0 Å². The van der Waals surface area contributed by atoms with Crippen molar-refractivity contribution in [3.05, 3.63) is 74.7 Å². The molecule has 1 aliphatic heterocycles. The van der Waals surface area contributed by atoms with Crippen LogP contribution in [0.4, 0.5) is 0 Å². The molecule has 1 amide bonds. The van der Waals surface area contributed by atoms with Crippen LogP contribution in [-0.4, -0.2) is 39.3 Å². The van der Waals surface area contributed by atoms with E-state index < -0.39 is 23.7 Å². The molecule has 0 aromatic heterocycles. The van der Waals surface area contributed by atoms with Gasteiger partial charge in [0.05, 0.1) is 18.0 Å². The van der Waals surface area contributed by atoms with Crippen LogP contribution in [0.5, 0.6) is 0 Å². The van der Waals surface area contributed by atoms with Crippen molar-refractivity contribution in [3.8, 4) is 0 Å². The molecule has 1 aliphatic rings. The summed E-state index contributed by atoms with van der Waals surface area (Å²) < 4.78 is 0.802. The van der Waals surface area contributed by atoms with Gasteiger partial charge in [-0.25, -0.2) is 0 Å². The van der Waals surface area contributed by atoms with Crippen molar-refractivity contribution in [1.29, 1.82) is 0 Å². The van der Waals surface area contributed by atoms with Crippen molar-refractivity contribution >= 4 is 50.9 Å². The Hall–Kier alpha value is -2.64. The van der Waals surface area contributed by atoms with Crippen molar-refractivity contribution in [2.45, 2.75) is 12.5 Å². The van der Waals surface area contributed by atoms with Crippen LogP contribution in [0.15, 0.2) is 58.6 Å². The van der Waals surface area contributed by atoms with Crippen molar-refractivity contribution in [2.75, 3.05) is 6.54 Å². The van der Waals surface area contributed by atoms with E-state index in [-0.39, 0.29) is 24.3 Å². The molecule has 2 aromatic carbocycles. The number of amides is 1. The van der Waals surface area contributed by atoms with Crippen LogP contribution in [0.2, 0.25) is 5.02 Å². The Labute approximate surface area is 174 Å². The first-order valence-electron chi connectivity index (χ1n) is 8.31. The average Bonchev–Trinajstić information content (AvgIpc) is 2.91. The SMILES string of the molecule is O=C(O)CCN1C(=O)C(=O)/C(=C(/O)c2ccc(Cl)cc2)[C@@H]1c1ccc(Br)cc1. The van der Waals surface area contributed by atoms with Crippen molar-refractivity contribution in [3.63, 3.8) is 0 Å². The molecule has 6 nitrogen and oxygen atoms in total. The second kappa shape index (κ2) is 8.16. The van der Waals surface area contributed by atoms with Crippen molar-refractivity contribution in [1.82, 2.24) is 4.90 Å². The molecule has 1 saturated heterocycles. The highest BCUT2D eigenvalue weighted by atomic mass is 79.9. The Kier molecular flexibility index (Phi) is 5.86. The Bertz CT molecular complexity index is 969. The molecule has 0 saturated carbocycles. The highest BCUT2D eigenvalue weighted by molar-refractivity contribution is 9.10. The van der Waals surface area contributed by atoms with Gasteiger partial charge in [0.25, 0.3) is 11.7 Å². The third-order valence-electron chi connectivity index (χ3n) is 4.41. The van der Waals surface area contributed by atoms with Gasteiger partial charge < -0.3 is 15.1 Å². The molecule has 2 aromatic rings. The number of ketones is 1. The molecule has 1 heterocycles. The van der Waals surface area contributed by atoms with Crippen LogP contribution >= 0.6 is 27.5 Å². The molecule has 0 spiro atoms. The quantitative estimate of drug-likeness (QED) is 0.396. The monoisotopic (exact) mass is 463 g/mol. The van der Waals surface area contributed by atoms with Crippen molar-refractivity contribution < 1.29 is 24.6 Å². The lowest BCUT2D eigenvalue weighted by molar-refractivity contribution is -0.142. The lowest BCUT2D eigenvalue weighted by Gasteiger charge is -2.24. The fraction of sp³-hybridized carbons (Fsp3) is 0.150. The molecule has 2 N–H and O–H groups in total. The fourth-order valence-electron chi connectivity index (χ4n) is 3.08. The van der Waals surface area contributed by atoms with Gasteiger partial charge in [0.15, 0.2) is 0 Å². The summed E-state index contributed by atoms with van der Waals surface area (Å²) in [6.07, 6.45) is -0.318. The van der Waals surface area contributed by atoms with Crippen LogP contribution in [-0.2, 0) is 14.4 Å². The van der Waals surface area contributed by atoms with Gasteiger partial charge in [0, 0.05) is 21.6 Å². The number of carbonyl (C=O) groups excluding carboxylic acids is 2. The maximum atomic E-state index is 12.7. The number of nitrogens with zero attached hydrogens (tertiary/aromatic N) is 1. The number of carboxylic acid groups (broad SMARTS) is 1. The van der Waals surface area contributed by atoms with Gasteiger partial charge in [-0.3, -0.25) is 14.4 Å². The molecular formula is C20H15BrClNO5. The summed E-state index contributed by atoms with van der Waals surface area (Å²) in [4.78, 5) is 37.5. The van der Waals surface area contributed by atoms with Crippen LogP contribution in [0.3, 0.4) is 0 Å². The molecule has 1 atom stereocenters. The number of hydrogen-bond acceptors (Lipinski definition) is 4. The van der Waals surface area contributed by atoms with E-state index in [0.717, 1.165) is 4.47 Å². The number of benzene rings is 2. The van der Waals surface area contributed by atoms with E-state index in [1.165, 1.54) is 4.90 Å². The fourth-order valence-corrected chi connectivity index (χ4v) is 3.47. The van der Waals surface area contributed by atoms with Crippen molar-refractivity contribution in [2.24, 2.45) is 0 Å².